The van der Waals surface area contributed by atoms with E-state index in [1.807, 2.05) is 6.07 Å². The Hall–Kier alpha value is -8.47. The number of benzene rings is 10. The van der Waals surface area contributed by atoms with E-state index in [1.54, 1.807) is 0 Å². The molecule has 0 amide bonds. The molecular weight excluding hydrogens is 767 g/mol. The lowest BCUT2D eigenvalue weighted by Crippen LogP contribution is -2.00. The molecule has 12 aromatic rings. The highest BCUT2D eigenvalue weighted by Crippen LogP contribution is 2.38. The molecule has 0 spiro atoms. The molecule has 2 aromatic heterocycles. The van der Waals surface area contributed by atoms with Crippen molar-refractivity contribution in [3.63, 3.8) is 0 Å². The Morgan fingerprint density at radius 1 is 0.238 bits per heavy atom. The Labute approximate surface area is 364 Å². The fraction of sp³-hybridized carbons (Fsp3) is 0. The van der Waals surface area contributed by atoms with Crippen molar-refractivity contribution in [1.29, 1.82) is 0 Å². The van der Waals surface area contributed by atoms with Crippen LogP contribution in [0.5, 0.6) is 0 Å². The number of fused-ring (bicyclic) bond motifs is 5. The Bertz CT molecular complexity index is 3650. The van der Waals surface area contributed by atoms with E-state index < -0.39 is 0 Å². The van der Waals surface area contributed by atoms with E-state index in [4.69, 9.17) is 19.4 Å². The molecule has 10 aromatic carbocycles. The third kappa shape index (κ3) is 6.62. The molecule has 0 atom stereocenters. The van der Waals surface area contributed by atoms with Crippen LogP contribution in [0.3, 0.4) is 0 Å². The first-order valence-electron chi connectivity index (χ1n) is 21.2. The van der Waals surface area contributed by atoms with Crippen LogP contribution < -0.4 is 0 Å². The SMILES string of the molecule is c1ccc(-c2ccc3c(c2)oc2cc(-c4nc(-c5ccc(-c6cccc7ccccc67)cc5)nc(-c5ccc(-c6ccc(-c7ccccc7)c7ccccc67)cc5)n4)ccc23)cc1. The van der Waals surface area contributed by atoms with Crippen LogP contribution >= 0.6 is 0 Å². The monoisotopic (exact) mass is 803 g/mol. The van der Waals surface area contributed by atoms with Crippen molar-refractivity contribution in [1.82, 2.24) is 15.0 Å². The maximum Gasteiger partial charge on any atom is 0.164 e. The second-order valence-electron chi connectivity index (χ2n) is 15.9. The van der Waals surface area contributed by atoms with Crippen molar-refractivity contribution in [2.24, 2.45) is 0 Å². The number of furan rings is 1. The minimum Gasteiger partial charge on any atom is -0.456 e. The van der Waals surface area contributed by atoms with Crippen molar-refractivity contribution in [2.75, 3.05) is 0 Å². The lowest BCUT2D eigenvalue weighted by molar-refractivity contribution is 0.669. The zero-order valence-corrected chi connectivity index (χ0v) is 34.1. The van der Waals surface area contributed by atoms with Gasteiger partial charge >= 0.3 is 0 Å². The van der Waals surface area contributed by atoms with Gasteiger partial charge in [-0.2, -0.15) is 0 Å². The number of aromatic nitrogens is 3. The van der Waals surface area contributed by atoms with E-state index in [0.29, 0.717) is 17.5 Å². The quantitative estimate of drug-likeness (QED) is 0.161. The molecule has 0 fully saturated rings. The maximum absolute atomic E-state index is 6.54. The Morgan fingerprint density at radius 3 is 1.22 bits per heavy atom. The van der Waals surface area contributed by atoms with Gasteiger partial charge in [-0.05, 0) is 90.3 Å². The fourth-order valence-corrected chi connectivity index (χ4v) is 8.98. The van der Waals surface area contributed by atoms with Gasteiger partial charge in [0.15, 0.2) is 17.5 Å². The van der Waals surface area contributed by atoms with Crippen molar-refractivity contribution in [2.45, 2.75) is 0 Å². The molecule has 0 saturated carbocycles. The maximum atomic E-state index is 6.54. The first kappa shape index (κ1) is 36.4. The van der Waals surface area contributed by atoms with E-state index in [-0.39, 0.29) is 0 Å². The van der Waals surface area contributed by atoms with Crippen LogP contribution in [0.4, 0.5) is 0 Å². The van der Waals surface area contributed by atoms with Crippen molar-refractivity contribution in [3.8, 4) is 78.7 Å². The molecule has 2 heterocycles. The van der Waals surface area contributed by atoms with Gasteiger partial charge in [0.05, 0.1) is 0 Å². The lowest BCUT2D eigenvalue weighted by atomic mass is 9.92. The van der Waals surface area contributed by atoms with Crippen molar-refractivity contribution < 1.29 is 4.42 Å². The van der Waals surface area contributed by atoms with Gasteiger partial charge in [-0.1, -0.05) is 200 Å². The zero-order valence-electron chi connectivity index (χ0n) is 34.1. The molecule has 0 aliphatic carbocycles. The number of hydrogen-bond acceptors (Lipinski definition) is 4. The summed E-state index contributed by atoms with van der Waals surface area (Å²) in [6.07, 6.45) is 0. The molecule has 0 bridgehead atoms. The Balaban J connectivity index is 0.953. The normalized spacial score (nSPS) is 11.5. The minimum absolute atomic E-state index is 0.576. The molecule has 63 heavy (non-hydrogen) atoms. The van der Waals surface area contributed by atoms with E-state index in [0.717, 1.165) is 60.9 Å². The molecule has 0 saturated heterocycles. The summed E-state index contributed by atoms with van der Waals surface area (Å²) in [5.74, 6) is 1.77. The zero-order chi connectivity index (χ0) is 41.7. The predicted molar refractivity (Wildman–Crippen MR) is 260 cm³/mol. The van der Waals surface area contributed by atoms with E-state index in [9.17, 15) is 0 Å². The topological polar surface area (TPSA) is 51.8 Å². The summed E-state index contributed by atoms with van der Waals surface area (Å²) in [5.41, 5.74) is 13.6. The van der Waals surface area contributed by atoms with Crippen LogP contribution in [-0.4, -0.2) is 15.0 Å². The molecule has 12 rings (SSSR count). The third-order valence-electron chi connectivity index (χ3n) is 12.2. The number of nitrogens with zero attached hydrogens (tertiary/aromatic N) is 3. The molecule has 4 heteroatoms. The van der Waals surface area contributed by atoms with Crippen LogP contribution in [0.25, 0.3) is 122 Å². The fourth-order valence-electron chi connectivity index (χ4n) is 8.98. The summed E-state index contributed by atoms with van der Waals surface area (Å²) in [6, 6.07) is 78.8. The largest absolute Gasteiger partial charge is 0.456 e. The van der Waals surface area contributed by atoms with Crippen LogP contribution in [0, 0.1) is 0 Å². The highest BCUT2D eigenvalue weighted by Gasteiger charge is 2.17. The standard InChI is InChI=1S/C59H37N3O/c1-3-12-38(13-4-1)45-30-32-53-54-33-31-46(37-56(54)63-55(53)36-45)59-61-57(43-26-22-41(23-27-43)48-21-11-17-40-16-7-8-18-47(40)48)60-58(62-59)44-28-24-42(25-29-44)50-35-34-49(39-14-5-2-6-15-39)51-19-9-10-20-52(50)51/h1-37H. The molecule has 4 nitrogen and oxygen atoms in total. The van der Waals surface area contributed by atoms with Crippen LogP contribution in [-0.2, 0) is 0 Å². The van der Waals surface area contributed by atoms with Crippen molar-refractivity contribution in [3.05, 3.63) is 224 Å². The van der Waals surface area contributed by atoms with Crippen LogP contribution in [0.15, 0.2) is 229 Å². The second kappa shape index (κ2) is 15.2. The van der Waals surface area contributed by atoms with Gasteiger partial charge in [0, 0.05) is 27.5 Å². The summed E-state index contributed by atoms with van der Waals surface area (Å²) in [6.45, 7) is 0. The molecule has 0 aliphatic rings. The van der Waals surface area contributed by atoms with Crippen LogP contribution in [0.1, 0.15) is 0 Å². The summed E-state index contributed by atoms with van der Waals surface area (Å²) < 4.78 is 6.54. The average molecular weight is 804 g/mol. The average Bonchev–Trinajstić information content (AvgIpc) is 3.74. The first-order chi connectivity index (χ1) is 31.2. The number of rotatable bonds is 7. The van der Waals surface area contributed by atoms with E-state index >= 15 is 0 Å². The molecule has 0 radical (unpaired) electrons. The molecule has 0 aliphatic heterocycles. The van der Waals surface area contributed by atoms with E-state index in [1.165, 1.54) is 43.8 Å². The first-order valence-corrected chi connectivity index (χ1v) is 21.2. The van der Waals surface area contributed by atoms with Gasteiger partial charge in [0.2, 0.25) is 0 Å². The highest BCUT2D eigenvalue weighted by atomic mass is 16.3. The van der Waals surface area contributed by atoms with Gasteiger partial charge in [-0.15, -0.1) is 0 Å². The third-order valence-corrected chi connectivity index (χ3v) is 12.2. The minimum atomic E-state index is 0.576. The molecule has 0 N–H and O–H groups in total. The molecule has 0 unspecified atom stereocenters. The lowest BCUT2D eigenvalue weighted by Gasteiger charge is -2.13. The Morgan fingerprint density at radius 2 is 0.635 bits per heavy atom. The van der Waals surface area contributed by atoms with Crippen LogP contribution in [0.2, 0.25) is 0 Å². The van der Waals surface area contributed by atoms with Crippen molar-refractivity contribution >= 4 is 43.5 Å². The summed E-state index contributed by atoms with van der Waals surface area (Å²) in [7, 11) is 0. The predicted octanol–water partition coefficient (Wildman–Crippen LogP) is 15.7. The van der Waals surface area contributed by atoms with Gasteiger partial charge < -0.3 is 4.42 Å². The van der Waals surface area contributed by atoms with Gasteiger partial charge in [0.1, 0.15) is 11.2 Å². The summed E-state index contributed by atoms with van der Waals surface area (Å²) >= 11 is 0. The second-order valence-corrected chi connectivity index (χ2v) is 15.9. The number of hydrogen-bond donors (Lipinski definition) is 0. The van der Waals surface area contributed by atoms with Gasteiger partial charge in [-0.3, -0.25) is 0 Å². The van der Waals surface area contributed by atoms with Gasteiger partial charge in [-0.25, -0.2) is 15.0 Å². The smallest absolute Gasteiger partial charge is 0.164 e. The Kier molecular flexibility index (Phi) is 8.79. The molecular formula is C59H37N3O. The highest BCUT2D eigenvalue weighted by molar-refractivity contribution is 6.07. The summed E-state index contributed by atoms with van der Waals surface area (Å²) in [5, 5.41) is 6.99. The summed E-state index contributed by atoms with van der Waals surface area (Å²) in [4.78, 5) is 15.4. The van der Waals surface area contributed by atoms with E-state index in [2.05, 4.69) is 218 Å². The van der Waals surface area contributed by atoms with Gasteiger partial charge in [0.25, 0.3) is 0 Å². The molecule has 294 valence electrons.